The number of nitrogens with zero attached hydrogens (tertiary/aromatic N) is 2. The molecule has 0 amide bonds. The zero-order valence-corrected chi connectivity index (χ0v) is 7.83. The van der Waals surface area contributed by atoms with Crippen LogP contribution in [0, 0.1) is 0 Å². The van der Waals surface area contributed by atoms with E-state index in [1.54, 1.807) is 0 Å². The molecule has 0 spiro atoms. The molecule has 0 aliphatic carbocycles. The molecule has 0 aromatic heterocycles. The van der Waals surface area contributed by atoms with Gasteiger partial charge in [0.05, 0.1) is 6.61 Å². The van der Waals surface area contributed by atoms with Crippen molar-refractivity contribution in [3.8, 4) is 0 Å². The van der Waals surface area contributed by atoms with Gasteiger partial charge in [-0.15, -0.1) is 0 Å². The van der Waals surface area contributed by atoms with Crippen molar-refractivity contribution >= 4 is 0 Å². The molecule has 0 radical (unpaired) electrons. The van der Waals surface area contributed by atoms with Gasteiger partial charge in [-0.2, -0.15) is 0 Å². The molecular weight excluding hydrogens is 154 g/mol. The van der Waals surface area contributed by atoms with Gasteiger partial charge in [-0.3, -0.25) is 4.90 Å². The molecule has 0 bridgehead atoms. The van der Waals surface area contributed by atoms with Crippen molar-refractivity contribution in [1.82, 2.24) is 9.80 Å². The molecule has 0 atom stereocenters. The van der Waals surface area contributed by atoms with Crippen LogP contribution in [-0.2, 0) is 4.84 Å². The summed E-state index contributed by atoms with van der Waals surface area (Å²) in [5.74, 6) is 4.96. The fourth-order valence-corrected chi connectivity index (χ4v) is 1.51. The third-order valence-electron chi connectivity index (χ3n) is 2.44. The van der Waals surface area contributed by atoms with E-state index in [0.717, 1.165) is 19.6 Å². The highest BCUT2D eigenvalue weighted by atomic mass is 16.6. The Kier molecular flexibility index (Phi) is 4.53. The van der Waals surface area contributed by atoms with E-state index < -0.39 is 0 Å². The standard InChI is InChI=1S/C8H19N3O/c1-2-10-3-5-11(6-4-10)7-8-12-9/h2-9H2,1H3. The lowest BCUT2D eigenvalue weighted by atomic mass is 10.3. The van der Waals surface area contributed by atoms with Gasteiger partial charge in [0.2, 0.25) is 0 Å². The lowest BCUT2D eigenvalue weighted by Crippen LogP contribution is -2.47. The predicted molar refractivity (Wildman–Crippen MR) is 48.7 cm³/mol. The van der Waals surface area contributed by atoms with Gasteiger partial charge in [0.15, 0.2) is 0 Å². The Morgan fingerprint density at radius 3 is 2.25 bits per heavy atom. The minimum atomic E-state index is 0.645. The Labute approximate surface area is 74.2 Å². The van der Waals surface area contributed by atoms with Crippen molar-refractivity contribution in [2.45, 2.75) is 6.92 Å². The van der Waals surface area contributed by atoms with Gasteiger partial charge in [0.25, 0.3) is 0 Å². The quantitative estimate of drug-likeness (QED) is 0.583. The molecular formula is C8H19N3O. The van der Waals surface area contributed by atoms with Crippen LogP contribution in [0.1, 0.15) is 6.92 Å². The van der Waals surface area contributed by atoms with Crippen molar-refractivity contribution in [3.05, 3.63) is 0 Å². The van der Waals surface area contributed by atoms with E-state index in [1.165, 1.54) is 19.6 Å². The van der Waals surface area contributed by atoms with Gasteiger partial charge in [0.1, 0.15) is 0 Å². The first kappa shape index (κ1) is 9.92. The molecule has 1 aliphatic heterocycles. The van der Waals surface area contributed by atoms with Crippen LogP contribution in [0.3, 0.4) is 0 Å². The lowest BCUT2D eigenvalue weighted by molar-refractivity contribution is 0.0776. The second-order valence-electron chi connectivity index (χ2n) is 3.15. The highest BCUT2D eigenvalue weighted by Gasteiger charge is 2.14. The number of piperazine rings is 1. The number of rotatable bonds is 4. The maximum atomic E-state index is 4.96. The summed E-state index contributed by atoms with van der Waals surface area (Å²) in [6.07, 6.45) is 0. The van der Waals surface area contributed by atoms with Gasteiger partial charge in [0, 0.05) is 32.7 Å². The van der Waals surface area contributed by atoms with Gasteiger partial charge < -0.3 is 9.74 Å². The van der Waals surface area contributed by atoms with Crippen molar-refractivity contribution < 1.29 is 4.84 Å². The topological polar surface area (TPSA) is 41.7 Å². The molecule has 72 valence electrons. The minimum Gasteiger partial charge on any atom is -0.303 e. The Morgan fingerprint density at radius 1 is 1.17 bits per heavy atom. The second-order valence-corrected chi connectivity index (χ2v) is 3.15. The summed E-state index contributed by atoms with van der Waals surface area (Å²) >= 11 is 0. The first-order valence-corrected chi connectivity index (χ1v) is 4.63. The average Bonchev–Trinajstić information content (AvgIpc) is 2.15. The Hall–Kier alpha value is -0.160. The summed E-state index contributed by atoms with van der Waals surface area (Å²) in [5.41, 5.74) is 0. The van der Waals surface area contributed by atoms with E-state index in [4.69, 9.17) is 5.90 Å². The van der Waals surface area contributed by atoms with E-state index in [0.29, 0.717) is 6.61 Å². The van der Waals surface area contributed by atoms with E-state index >= 15 is 0 Å². The van der Waals surface area contributed by atoms with E-state index in [9.17, 15) is 0 Å². The molecule has 2 N–H and O–H groups in total. The van der Waals surface area contributed by atoms with Crippen molar-refractivity contribution in [2.24, 2.45) is 5.90 Å². The summed E-state index contributed by atoms with van der Waals surface area (Å²) < 4.78 is 0. The fraction of sp³-hybridized carbons (Fsp3) is 1.00. The van der Waals surface area contributed by atoms with E-state index in [1.807, 2.05) is 0 Å². The third-order valence-corrected chi connectivity index (χ3v) is 2.44. The molecule has 0 aromatic rings. The summed E-state index contributed by atoms with van der Waals surface area (Å²) in [6.45, 7) is 9.65. The normalized spacial score (nSPS) is 21.5. The SMILES string of the molecule is CCN1CCN(CCON)CC1. The van der Waals surface area contributed by atoms with Crippen molar-refractivity contribution in [3.63, 3.8) is 0 Å². The average molecular weight is 173 g/mol. The largest absolute Gasteiger partial charge is 0.303 e. The molecule has 4 heteroatoms. The lowest BCUT2D eigenvalue weighted by Gasteiger charge is -2.33. The van der Waals surface area contributed by atoms with Gasteiger partial charge in [-0.05, 0) is 6.54 Å². The molecule has 4 nitrogen and oxygen atoms in total. The molecule has 12 heavy (non-hydrogen) atoms. The molecule has 1 heterocycles. The van der Waals surface area contributed by atoms with E-state index in [2.05, 4.69) is 21.6 Å². The smallest absolute Gasteiger partial charge is 0.0806 e. The molecule has 1 rings (SSSR count). The van der Waals surface area contributed by atoms with Crippen LogP contribution < -0.4 is 5.90 Å². The Morgan fingerprint density at radius 2 is 1.75 bits per heavy atom. The number of nitrogens with two attached hydrogens (primary N) is 1. The predicted octanol–water partition coefficient (Wildman–Crippen LogP) is -0.486. The number of hydrogen-bond acceptors (Lipinski definition) is 4. The third kappa shape index (κ3) is 3.06. The van der Waals surface area contributed by atoms with Gasteiger partial charge >= 0.3 is 0 Å². The number of hydrogen-bond donors (Lipinski definition) is 1. The summed E-state index contributed by atoms with van der Waals surface area (Å²) in [7, 11) is 0. The molecule has 1 saturated heterocycles. The summed E-state index contributed by atoms with van der Waals surface area (Å²) in [5, 5.41) is 0. The van der Waals surface area contributed by atoms with Crippen molar-refractivity contribution in [1.29, 1.82) is 0 Å². The Bertz CT molecular complexity index is 113. The maximum absolute atomic E-state index is 4.96. The van der Waals surface area contributed by atoms with Crippen LogP contribution in [0.4, 0.5) is 0 Å². The highest BCUT2D eigenvalue weighted by molar-refractivity contribution is 4.70. The second kappa shape index (κ2) is 5.48. The van der Waals surface area contributed by atoms with Crippen LogP contribution in [0.15, 0.2) is 0 Å². The zero-order chi connectivity index (χ0) is 8.81. The molecule has 1 aliphatic rings. The van der Waals surface area contributed by atoms with Crippen LogP contribution >= 0.6 is 0 Å². The zero-order valence-electron chi connectivity index (χ0n) is 7.83. The van der Waals surface area contributed by atoms with Crippen LogP contribution in [0.25, 0.3) is 0 Å². The Balaban J connectivity index is 2.09. The molecule has 0 saturated carbocycles. The maximum Gasteiger partial charge on any atom is 0.0806 e. The molecule has 0 aromatic carbocycles. The summed E-state index contributed by atoms with van der Waals surface area (Å²) in [6, 6.07) is 0. The van der Waals surface area contributed by atoms with Crippen LogP contribution in [0.5, 0.6) is 0 Å². The first-order chi connectivity index (χ1) is 5.86. The molecule has 1 fully saturated rings. The fourth-order valence-electron chi connectivity index (χ4n) is 1.51. The highest BCUT2D eigenvalue weighted by Crippen LogP contribution is 1.99. The first-order valence-electron chi connectivity index (χ1n) is 4.63. The number of likely N-dealkylation sites (N-methyl/N-ethyl adjacent to an activating group) is 1. The van der Waals surface area contributed by atoms with Gasteiger partial charge in [-0.25, -0.2) is 5.90 Å². The van der Waals surface area contributed by atoms with Crippen LogP contribution in [-0.4, -0.2) is 55.7 Å². The minimum absolute atomic E-state index is 0.645. The van der Waals surface area contributed by atoms with Gasteiger partial charge in [-0.1, -0.05) is 6.92 Å². The molecule has 0 unspecified atom stereocenters. The van der Waals surface area contributed by atoms with Crippen LogP contribution in [0.2, 0.25) is 0 Å². The monoisotopic (exact) mass is 173 g/mol. The van der Waals surface area contributed by atoms with Crippen molar-refractivity contribution in [2.75, 3.05) is 45.9 Å². The van der Waals surface area contributed by atoms with E-state index in [-0.39, 0.29) is 0 Å². The summed E-state index contributed by atoms with van der Waals surface area (Å²) in [4.78, 5) is 9.39.